The maximum Gasteiger partial charge on any atom is 0.166 e. The van der Waals surface area contributed by atoms with Gasteiger partial charge in [0.1, 0.15) is 0 Å². The highest BCUT2D eigenvalue weighted by molar-refractivity contribution is 6.11. The fourth-order valence-electron chi connectivity index (χ4n) is 6.85. The van der Waals surface area contributed by atoms with Gasteiger partial charge < -0.3 is 4.57 Å². The van der Waals surface area contributed by atoms with Crippen molar-refractivity contribution in [3.63, 3.8) is 0 Å². The third kappa shape index (κ3) is 5.96. The van der Waals surface area contributed by atoms with Gasteiger partial charge in [-0.2, -0.15) is 0 Å². The van der Waals surface area contributed by atoms with E-state index in [2.05, 4.69) is 0 Å². The van der Waals surface area contributed by atoms with Crippen LogP contribution in [0.2, 0.25) is 0 Å². The van der Waals surface area contributed by atoms with Crippen molar-refractivity contribution in [3.8, 4) is 73.2 Å². The fourth-order valence-corrected chi connectivity index (χ4v) is 6.85. The Balaban J connectivity index is 1.35. The Bertz CT molecular complexity index is 3610. The first-order chi connectivity index (χ1) is 32.3. The zero-order valence-electron chi connectivity index (χ0n) is 41.0. The molecule has 2 heterocycles. The van der Waals surface area contributed by atoms with Gasteiger partial charge in [0.2, 0.25) is 0 Å². The van der Waals surface area contributed by atoms with Crippen molar-refractivity contribution >= 4 is 21.8 Å². The molecule has 0 N–H and O–H groups in total. The number of fused-ring (bicyclic) bond motifs is 3. The number of hydrogen-bond acceptors (Lipinski definition) is 3. The fraction of sp³-hybridized carbons (Fsp3) is 0. The van der Waals surface area contributed by atoms with E-state index in [1.54, 1.807) is 12.1 Å². The lowest BCUT2D eigenvalue weighted by atomic mass is 9.97. The SMILES string of the molecule is [2H]c1c([2H])c([2H])c(-c2c([2H])c([2H])c3c(c2[2H])c2c([2H])c([2H])c([2H])c([2H])c2n3-c2cccc(-c3ccccc3)c2-c2nc(-c3ccccc3)nc(-c3ccc(-c4ccccc4)cc3)n2)c([2H])c1[2H]. The van der Waals surface area contributed by atoms with Gasteiger partial charge in [-0.05, 0) is 57.6 Å². The Labute approximate surface area is 336 Å². The molecule has 10 rings (SSSR count). The van der Waals surface area contributed by atoms with E-state index in [1.807, 2.05) is 121 Å². The summed E-state index contributed by atoms with van der Waals surface area (Å²) >= 11 is 0. The van der Waals surface area contributed by atoms with Crippen LogP contribution in [0.1, 0.15) is 16.4 Å². The standard InChI is InChI=1S/C51H34N4/c1-5-16-35(17-6-1)37-28-30-40(31-29-37)50-52-49(39-22-11-4-12-23-39)53-51(54-50)48-42(38-20-9-3-10-21-38)25-15-27-47(48)55-45-26-14-13-24-43(45)44-34-41(32-33-46(44)55)36-18-7-2-8-19-36/h1-34H/i2D,7D,8D,13D,14D,18D,19D,24D,26D,32D,33D,34D. The summed E-state index contributed by atoms with van der Waals surface area (Å²) in [5.41, 5.74) is 4.12. The number of benzene rings is 8. The molecule has 0 radical (unpaired) electrons. The van der Waals surface area contributed by atoms with Gasteiger partial charge in [0, 0.05) is 21.9 Å². The molecule has 0 amide bonds. The zero-order chi connectivity index (χ0) is 47.0. The van der Waals surface area contributed by atoms with E-state index in [-0.39, 0.29) is 33.3 Å². The Hall–Kier alpha value is -7.43. The van der Waals surface area contributed by atoms with Gasteiger partial charge in [0.05, 0.1) is 38.7 Å². The second-order valence-corrected chi connectivity index (χ2v) is 12.7. The summed E-state index contributed by atoms with van der Waals surface area (Å²) in [6, 6.07) is 34.3. The summed E-state index contributed by atoms with van der Waals surface area (Å²) in [4.78, 5) is 15.2. The number of nitrogens with zero attached hydrogens (tertiary/aromatic N) is 4. The van der Waals surface area contributed by atoms with Crippen molar-refractivity contribution in [2.45, 2.75) is 0 Å². The molecule has 258 valence electrons. The number of rotatable bonds is 7. The van der Waals surface area contributed by atoms with E-state index in [0.29, 0.717) is 33.9 Å². The lowest BCUT2D eigenvalue weighted by Gasteiger charge is -2.18. The van der Waals surface area contributed by atoms with Crippen molar-refractivity contribution in [3.05, 3.63) is 206 Å². The van der Waals surface area contributed by atoms with Crippen LogP contribution in [0.25, 0.3) is 95.0 Å². The minimum atomic E-state index is -0.702. The first kappa shape index (κ1) is 21.9. The molecule has 0 saturated carbocycles. The van der Waals surface area contributed by atoms with Crippen LogP contribution < -0.4 is 0 Å². The first-order valence-corrected chi connectivity index (χ1v) is 17.6. The average molecular weight is 715 g/mol. The van der Waals surface area contributed by atoms with Gasteiger partial charge in [-0.1, -0.05) is 182 Å². The molecule has 10 aromatic rings. The highest BCUT2D eigenvalue weighted by atomic mass is 15.1. The maximum atomic E-state index is 9.72. The van der Waals surface area contributed by atoms with Gasteiger partial charge in [-0.25, -0.2) is 15.0 Å². The van der Waals surface area contributed by atoms with E-state index in [9.17, 15) is 6.85 Å². The lowest BCUT2D eigenvalue weighted by Crippen LogP contribution is -2.05. The third-order valence-electron chi connectivity index (χ3n) is 9.42. The summed E-state index contributed by atoms with van der Waals surface area (Å²) in [5.74, 6) is 0.825. The van der Waals surface area contributed by atoms with E-state index < -0.39 is 83.6 Å². The van der Waals surface area contributed by atoms with E-state index in [0.717, 1.165) is 16.7 Å². The lowest BCUT2D eigenvalue weighted by molar-refractivity contribution is 1.06. The molecular formula is C51H34N4. The molecular weight excluding hydrogens is 669 g/mol. The molecule has 0 unspecified atom stereocenters. The smallest absolute Gasteiger partial charge is 0.166 e. The van der Waals surface area contributed by atoms with E-state index in [4.69, 9.17) is 24.5 Å². The van der Waals surface area contributed by atoms with Crippen molar-refractivity contribution < 1.29 is 16.4 Å². The minimum Gasteiger partial charge on any atom is -0.308 e. The molecule has 0 aliphatic carbocycles. The summed E-state index contributed by atoms with van der Waals surface area (Å²) in [7, 11) is 0. The van der Waals surface area contributed by atoms with E-state index in [1.165, 1.54) is 4.57 Å². The van der Waals surface area contributed by atoms with Crippen molar-refractivity contribution in [2.75, 3.05) is 0 Å². The first-order valence-electron chi connectivity index (χ1n) is 23.6. The van der Waals surface area contributed by atoms with Crippen LogP contribution in [0.3, 0.4) is 0 Å². The van der Waals surface area contributed by atoms with Gasteiger partial charge in [-0.3, -0.25) is 0 Å². The summed E-state index contributed by atoms with van der Waals surface area (Å²) < 4.78 is 109. The molecule has 0 spiro atoms. The highest BCUT2D eigenvalue weighted by Crippen LogP contribution is 2.41. The Morgan fingerprint density at radius 3 is 1.62 bits per heavy atom. The van der Waals surface area contributed by atoms with Crippen molar-refractivity contribution in [1.82, 2.24) is 19.5 Å². The van der Waals surface area contributed by atoms with Gasteiger partial charge in [-0.15, -0.1) is 0 Å². The largest absolute Gasteiger partial charge is 0.308 e. The highest BCUT2D eigenvalue weighted by Gasteiger charge is 2.23. The molecule has 0 aliphatic rings. The normalized spacial score (nSPS) is 14.3. The molecule has 55 heavy (non-hydrogen) atoms. The molecule has 4 nitrogen and oxygen atoms in total. The molecule has 0 aliphatic heterocycles. The summed E-state index contributed by atoms with van der Waals surface area (Å²) in [6.07, 6.45) is 0. The predicted molar refractivity (Wildman–Crippen MR) is 227 cm³/mol. The molecule has 0 saturated heterocycles. The summed E-state index contributed by atoms with van der Waals surface area (Å²) in [6.45, 7) is 0. The third-order valence-corrected chi connectivity index (χ3v) is 9.42. The Morgan fingerprint density at radius 2 is 0.909 bits per heavy atom. The number of para-hydroxylation sites is 1. The van der Waals surface area contributed by atoms with Crippen LogP contribution in [0.4, 0.5) is 0 Å². The van der Waals surface area contributed by atoms with Crippen LogP contribution in [0.15, 0.2) is 206 Å². The van der Waals surface area contributed by atoms with Gasteiger partial charge in [0.15, 0.2) is 17.5 Å². The Kier molecular flexibility index (Phi) is 5.52. The molecule has 2 aromatic heterocycles. The molecule has 4 heteroatoms. The Morgan fingerprint density at radius 1 is 0.364 bits per heavy atom. The maximum absolute atomic E-state index is 9.72. The van der Waals surface area contributed by atoms with Crippen LogP contribution >= 0.6 is 0 Å². The second kappa shape index (κ2) is 13.8. The average Bonchev–Trinajstić information content (AvgIpc) is 3.74. The molecule has 0 fully saturated rings. The minimum absolute atomic E-state index is 0.124. The summed E-state index contributed by atoms with van der Waals surface area (Å²) in [5, 5.41) is -0.343. The topological polar surface area (TPSA) is 43.6 Å². The second-order valence-electron chi connectivity index (χ2n) is 12.7. The monoisotopic (exact) mass is 714 g/mol. The van der Waals surface area contributed by atoms with Crippen molar-refractivity contribution in [2.24, 2.45) is 0 Å². The predicted octanol–water partition coefficient (Wildman–Crippen LogP) is 13.0. The van der Waals surface area contributed by atoms with Gasteiger partial charge >= 0.3 is 0 Å². The van der Waals surface area contributed by atoms with Crippen LogP contribution in [-0.4, -0.2) is 19.5 Å². The molecule has 8 aromatic carbocycles. The molecule has 0 atom stereocenters. The van der Waals surface area contributed by atoms with Crippen LogP contribution in [-0.2, 0) is 0 Å². The van der Waals surface area contributed by atoms with Crippen molar-refractivity contribution in [1.29, 1.82) is 0 Å². The molecule has 0 bridgehead atoms. The van der Waals surface area contributed by atoms with Crippen LogP contribution in [0.5, 0.6) is 0 Å². The van der Waals surface area contributed by atoms with Gasteiger partial charge in [0.25, 0.3) is 0 Å². The number of hydrogen-bond donors (Lipinski definition) is 0. The van der Waals surface area contributed by atoms with Crippen LogP contribution in [0, 0.1) is 0 Å². The quantitative estimate of drug-likeness (QED) is 0.165. The number of aromatic nitrogens is 4. The van der Waals surface area contributed by atoms with E-state index >= 15 is 0 Å². The zero-order valence-corrected chi connectivity index (χ0v) is 29.0.